The van der Waals surface area contributed by atoms with Crippen LogP contribution in [0.5, 0.6) is 0 Å². The molecule has 29 heavy (non-hydrogen) atoms. The van der Waals surface area contributed by atoms with Gasteiger partial charge in [0.2, 0.25) is 10.0 Å². The highest BCUT2D eigenvalue weighted by Gasteiger charge is 2.33. The van der Waals surface area contributed by atoms with Crippen LogP contribution in [0, 0.1) is 0 Å². The van der Waals surface area contributed by atoms with E-state index < -0.39 is 10.0 Å². The Balaban J connectivity index is 1.48. The van der Waals surface area contributed by atoms with E-state index in [1.165, 1.54) is 15.6 Å². The average Bonchev–Trinajstić information content (AvgIpc) is 3.25. The summed E-state index contributed by atoms with van der Waals surface area (Å²) in [6, 6.07) is 5.14. The monoisotopic (exact) mass is 454 g/mol. The van der Waals surface area contributed by atoms with E-state index in [1.807, 2.05) is 4.90 Å². The van der Waals surface area contributed by atoms with Crippen molar-refractivity contribution >= 4 is 44.7 Å². The molecule has 0 radical (unpaired) electrons. The normalized spacial score (nSPS) is 18.8. The number of hydrogen-bond donors (Lipinski definition) is 0. The number of aromatic nitrogens is 1. The second kappa shape index (κ2) is 8.59. The van der Waals surface area contributed by atoms with Crippen molar-refractivity contribution in [3.8, 4) is 0 Å². The number of carbonyl (C=O) groups excluding carboxylic acids is 1. The van der Waals surface area contributed by atoms with Crippen LogP contribution in [-0.2, 0) is 10.0 Å². The standard InChI is InChI=1S/C19H23ClN4O3S2/c20-15-5-4-7-21-18(15)22-10-12-23(13-11-22)19(25)17-16(6-14-28-17)29(26,27)24-8-2-1-3-9-24/h4-7,14H,1-3,8-13H2. The van der Waals surface area contributed by atoms with Crippen LogP contribution in [0.25, 0.3) is 0 Å². The highest BCUT2D eigenvalue weighted by atomic mass is 35.5. The van der Waals surface area contributed by atoms with Crippen molar-refractivity contribution in [2.75, 3.05) is 44.2 Å². The molecule has 2 aromatic rings. The number of pyridine rings is 1. The van der Waals surface area contributed by atoms with Crippen LogP contribution in [-0.4, -0.2) is 67.8 Å². The topological polar surface area (TPSA) is 73.8 Å². The van der Waals surface area contributed by atoms with Gasteiger partial charge in [0.1, 0.15) is 15.6 Å². The van der Waals surface area contributed by atoms with Gasteiger partial charge < -0.3 is 9.80 Å². The Hall–Kier alpha value is -1.68. The molecule has 0 bridgehead atoms. The number of amides is 1. The smallest absolute Gasteiger partial charge is 0.265 e. The van der Waals surface area contributed by atoms with Crippen LogP contribution >= 0.6 is 22.9 Å². The quantitative estimate of drug-likeness (QED) is 0.710. The largest absolute Gasteiger partial charge is 0.352 e. The lowest BCUT2D eigenvalue weighted by atomic mass is 10.2. The van der Waals surface area contributed by atoms with Crippen molar-refractivity contribution in [1.29, 1.82) is 0 Å². The molecular formula is C19H23ClN4O3S2. The van der Waals surface area contributed by atoms with Gasteiger partial charge in [0.25, 0.3) is 5.91 Å². The maximum atomic E-state index is 13.1. The molecule has 2 aliphatic heterocycles. The molecule has 0 N–H and O–H groups in total. The Morgan fingerprint density at radius 2 is 1.76 bits per heavy atom. The minimum atomic E-state index is -3.63. The lowest BCUT2D eigenvalue weighted by Gasteiger charge is -2.35. The minimum Gasteiger partial charge on any atom is -0.352 e. The van der Waals surface area contributed by atoms with Gasteiger partial charge in [-0.05, 0) is 36.4 Å². The zero-order valence-corrected chi connectivity index (χ0v) is 18.3. The molecule has 7 nitrogen and oxygen atoms in total. The van der Waals surface area contributed by atoms with Gasteiger partial charge in [-0.1, -0.05) is 18.0 Å². The predicted molar refractivity (Wildman–Crippen MR) is 114 cm³/mol. The van der Waals surface area contributed by atoms with Crippen LogP contribution in [0.1, 0.15) is 28.9 Å². The number of rotatable bonds is 4. The number of halogens is 1. The first-order chi connectivity index (χ1) is 14.0. The number of piperazine rings is 1. The number of piperidine rings is 1. The molecule has 0 aliphatic carbocycles. The maximum Gasteiger partial charge on any atom is 0.265 e. The molecule has 0 aromatic carbocycles. The average molecular weight is 455 g/mol. The van der Waals surface area contributed by atoms with E-state index in [9.17, 15) is 13.2 Å². The molecule has 0 unspecified atom stereocenters. The molecule has 0 saturated carbocycles. The highest BCUT2D eigenvalue weighted by Crippen LogP contribution is 2.29. The van der Waals surface area contributed by atoms with Crippen molar-refractivity contribution in [3.05, 3.63) is 39.7 Å². The van der Waals surface area contributed by atoms with Gasteiger partial charge in [-0.25, -0.2) is 13.4 Å². The zero-order valence-electron chi connectivity index (χ0n) is 16.0. The summed E-state index contributed by atoms with van der Waals surface area (Å²) >= 11 is 7.43. The van der Waals surface area contributed by atoms with Gasteiger partial charge in [-0.3, -0.25) is 4.79 Å². The first-order valence-electron chi connectivity index (χ1n) is 9.71. The molecule has 0 atom stereocenters. The first-order valence-corrected chi connectivity index (χ1v) is 12.4. The summed E-state index contributed by atoms with van der Waals surface area (Å²) in [6.45, 7) is 3.23. The lowest BCUT2D eigenvalue weighted by molar-refractivity contribution is 0.0747. The van der Waals surface area contributed by atoms with Crippen LogP contribution < -0.4 is 4.90 Å². The van der Waals surface area contributed by atoms with Gasteiger partial charge in [-0.2, -0.15) is 4.31 Å². The third-order valence-corrected chi connectivity index (χ3v) is 8.63. The van der Waals surface area contributed by atoms with E-state index in [0.717, 1.165) is 19.3 Å². The molecule has 1 amide bonds. The Kier molecular flexibility index (Phi) is 6.10. The third-order valence-electron chi connectivity index (χ3n) is 5.36. The Labute approximate surface area is 179 Å². The summed E-state index contributed by atoms with van der Waals surface area (Å²) in [5.41, 5.74) is 0. The van der Waals surface area contributed by atoms with E-state index in [0.29, 0.717) is 55.0 Å². The van der Waals surface area contributed by atoms with E-state index in [2.05, 4.69) is 4.98 Å². The Morgan fingerprint density at radius 3 is 2.45 bits per heavy atom. The highest BCUT2D eigenvalue weighted by molar-refractivity contribution is 7.89. The number of thiophene rings is 1. The molecule has 2 saturated heterocycles. The van der Waals surface area contributed by atoms with E-state index >= 15 is 0 Å². The molecule has 156 valence electrons. The van der Waals surface area contributed by atoms with Crippen molar-refractivity contribution in [2.45, 2.75) is 24.2 Å². The van der Waals surface area contributed by atoms with E-state index in [-0.39, 0.29) is 10.8 Å². The fourth-order valence-corrected chi connectivity index (χ4v) is 6.90. The molecule has 10 heteroatoms. The molecule has 2 aliphatic rings. The summed E-state index contributed by atoms with van der Waals surface area (Å²) in [6.07, 6.45) is 4.48. The Bertz CT molecular complexity index is 981. The minimum absolute atomic E-state index is 0.143. The summed E-state index contributed by atoms with van der Waals surface area (Å²) in [5.74, 6) is 0.494. The van der Waals surface area contributed by atoms with Gasteiger partial charge >= 0.3 is 0 Å². The number of nitrogens with zero attached hydrogens (tertiary/aromatic N) is 4. The summed E-state index contributed by atoms with van der Waals surface area (Å²) < 4.78 is 27.6. The number of hydrogen-bond acceptors (Lipinski definition) is 6. The molecule has 4 heterocycles. The predicted octanol–water partition coefficient (Wildman–Crippen LogP) is 2.93. The Morgan fingerprint density at radius 1 is 1.03 bits per heavy atom. The molecule has 4 rings (SSSR count). The number of sulfonamides is 1. The van der Waals surface area contributed by atoms with Crippen molar-refractivity contribution in [2.24, 2.45) is 0 Å². The van der Waals surface area contributed by atoms with E-state index in [4.69, 9.17) is 11.6 Å². The first kappa shape index (κ1) is 20.6. The number of anilines is 1. The van der Waals surface area contributed by atoms with Gasteiger partial charge in [0, 0.05) is 45.5 Å². The maximum absolute atomic E-state index is 13.1. The SMILES string of the molecule is O=C(c1sccc1S(=O)(=O)N1CCCCC1)N1CCN(c2ncccc2Cl)CC1. The fourth-order valence-electron chi connectivity index (χ4n) is 3.78. The lowest BCUT2D eigenvalue weighted by Crippen LogP contribution is -2.49. The second-order valence-corrected chi connectivity index (χ2v) is 10.4. The van der Waals surface area contributed by atoms with Crippen LogP contribution in [0.15, 0.2) is 34.7 Å². The molecular weight excluding hydrogens is 432 g/mol. The van der Waals surface area contributed by atoms with Gasteiger partial charge in [0.15, 0.2) is 0 Å². The molecule has 0 spiro atoms. The number of carbonyl (C=O) groups is 1. The van der Waals surface area contributed by atoms with Gasteiger partial charge in [-0.15, -0.1) is 11.3 Å². The van der Waals surface area contributed by atoms with Crippen LogP contribution in [0.2, 0.25) is 5.02 Å². The van der Waals surface area contributed by atoms with Gasteiger partial charge in [0.05, 0.1) is 5.02 Å². The summed E-state index contributed by atoms with van der Waals surface area (Å²) in [4.78, 5) is 21.7. The van der Waals surface area contributed by atoms with Crippen molar-refractivity contribution in [1.82, 2.24) is 14.2 Å². The fraction of sp³-hybridized carbons (Fsp3) is 0.474. The van der Waals surface area contributed by atoms with Crippen LogP contribution in [0.3, 0.4) is 0 Å². The summed E-state index contributed by atoms with van der Waals surface area (Å²) in [5, 5.41) is 2.27. The molecule has 2 aromatic heterocycles. The van der Waals surface area contributed by atoms with Crippen LogP contribution in [0.4, 0.5) is 5.82 Å². The van der Waals surface area contributed by atoms with Crippen molar-refractivity contribution in [3.63, 3.8) is 0 Å². The van der Waals surface area contributed by atoms with Crippen molar-refractivity contribution < 1.29 is 13.2 Å². The summed E-state index contributed by atoms with van der Waals surface area (Å²) in [7, 11) is -3.63. The molecule has 2 fully saturated rings. The third kappa shape index (κ3) is 4.14. The van der Waals surface area contributed by atoms with E-state index in [1.54, 1.807) is 34.7 Å². The second-order valence-electron chi connectivity index (χ2n) is 7.17. The zero-order chi connectivity index (χ0) is 20.4.